The van der Waals surface area contributed by atoms with E-state index in [4.69, 9.17) is 17.3 Å². The number of hydrogen-bond acceptors (Lipinski definition) is 4. The minimum atomic E-state index is -1.55. The summed E-state index contributed by atoms with van der Waals surface area (Å²) < 4.78 is 0. The Morgan fingerprint density at radius 2 is 1.11 bits per heavy atom. The van der Waals surface area contributed by atoms with Gasteiger partial charge in [-0.15, -0.1) is 0 Å². The first kappa shape index (κ1) is 30.2. The van der Waals surface area contributed by atoms with Crippen LogP contribution in [-0.2, 0) is 0 Å². The van der Waals surface area contributed by atoms with E-state index in [1.807, 2.05) is 13.8 Å². The van der Waals surface area contributed by atoms with Crippen molar-refractivity contribution in [3.63, 3.8) is 0 Å². The highest BCUT2D eigenvalue weighted by Gasteiger charge is 2.36. The van der Waals surface area contributed by atoms with Crippen LogP contribution < -0.4 is 0 Å². The molecule has 0 radical (unpaired) electrons. The van der Waals surface area contributed by atoms with Crippen LogP contribution in [0.1, 0.15) is 131 Å². The Bertz CT molecular complexity index is 348. The number of thiocarbonyl (C=S) groups is 1. The quantitative estimate of drug-likeness (QED) is 0.136. The van der Waals surface area contributed by atoms with Gasteiger partial charge in [-0.1, -0.05) is 111 Å². The van der Waals surface area contributed by atoms with E-state index in [-0.39, 0.29) is 6.61 Å². The number of aliphatic hydroxyl groups is 3. The monoisotopic (exact) mass is 418 g/mol. The molecule has 0 spiro atoms. The van der Waals surface area contributed by atoms with Gasteiger partial charge < -0.3 is 15.3 Å². The van der Waals surface area contributed by atoms with Crippen molar-refractivity contribution in [3.05, 3.63) is 0 Å². The van der Waals surface area contributed by atoms with Gasteiger partial charge in [-0.2, -0.15) is 0 Å². The lowest BCUT2D eigenvalue weighted by Crippen LogP contribution is -2.41. The molecule has 0 amide bonds. The van der Waals surface area contributed by atoms with Gasteiger partial charge in [-0.3, -0.25) is 0 Å². The zero-order chi connectivity index (χ0) is 21.9. The molecule has 0 aromatic heterocycles. The SMILES string of the molecule is CCCCC(C)(C)C(C)(O)O.CCCCCCCCCCCCC(=S)CCO. The molecule has 0 saturated carbocycles. The predicted octanol–water partition coefficient (Wildman–Crippen LogP) is 6.95. The van der Waals surface area contributed by atoms with Crippen LogP contribution in [0, 0.1) is 5.41 Å². The van der Waals surface area contributed by atoms with Gasteiger partial charge in [-0.25, -0.2) is 0 Å². The highest BCUT2D eigenvalue weighted by atomic mass is 32.1. The summed E-state index contributed by atoms with van der Waals surface area (Å²) in [6.07, 6.45) is 18.4. The fourth-order valence-corrected chi connectivity index (χ4v) is 3.15. The van der Waals surface area contributed by atoms with Gasteiger partial charge in [0.25, 0.3) is 0 Å². The van der Waals surface area contributed by atoms with Gasteiger partial charge in [-0.05, 0) is 31.1 Å². The summed E-state index contributed by atoms with van der Waals surface area (Å²) in [6, 6.07) is 0. The van der Waals surface area contributed by atoms with E-state index < -0.39 is 11.2 Å². The number of hydrogen-bond donors (Lipinski definition) is 3. The summed E-state index contributed by atoms with van der Waals surface area (Å²) >= 11 is 5.15. The molecule has 0 heterocycles. The first-order valence-corrected chi connectivity index (χ1v) is 12.1. The third-order valence-corrected chi connectivity index (χ3v) is 6.05. The molecule has 0 fully saturated rings. The van der Waals surface area contributed by atoms with Crippen LogP contribution in [0.4, 0.5) is 0 Å². The molecular weight excluding hydrogens is 368 g/mol. The molecule has 0 aromatic rings. The zero-order valence-corrected chi connectivity index (χ0v) is 20.4. The molecule has 0 rings (SSSR count). The molecule has 0 atom stereocenters. The molecule has 28 heavy (non-hydrogen) atoms. The van der Waals surface area contributed by atoms with E-state index in [9.17, 15) is 10.2 Å². The Morgan fingerprint density at radius 1 is 0.679 bits per heavy atom. The Morgan fingerprint density at radius 3 is 1.50 bits per heavy atom. The van der Waals surface area contributed by atoms with Crippen molar-refractivity contribution in [1.82, 2.24) is 0 Å². The summed E-state index contributed by atoms with van der Waals surface area (Å²) in [5.74, 6) is -1.55. The average molecular weight is 419 g/mol. The van der Waals surface area contributed by atoms with Gasteiger partial charge >= 0.3 is 0 Å². The predicted molar refractivity (Wildman–Crippen MR) is 127 cm³/mol. The molecule has 4 heteroatoms. The second-order valence-corrected chi connectivity index (χ2v) is 9.53. The molecule has 0 saturated heterocycles. The lowest BCUT2D eigenvalue weighted by molar-refractivity contribution is -0.221. The highest BCUT2D eigenvalue weighted by Crippen LogP contribution is 2.33. The lowest BCUT2D eigenvalue weighted by atomic mass is 9.80. The zero-order valence-electron chi connectivity index (χ0n) is 19.6. The third kappa shape index (κ3) is 19.3. The van der Waals surface area contributed by atoms with Crippen molar-refractivity contribution in [3.8, 4) is 0 Å². The van der Waals surface area contributed by atoms with E-state index in [1.165, 1.54) is 71.1 Å². The molecule has 0 unspecified atom stereocenters. The molecule has 0 aliphatic heterocycles. The third-order valence-electron chi connectivity index (χ3n) is 5.64. The van der Waals surface area contributed by atoms with E-state index >= 15 is 0 Å². The molecule has 0 aliphatic carbocycles. The maximum Gasteiger partial charge on any atom is 0.164 e. The fraction of sp³-hybridized carbons (Fsp3) is 0.958. The van der Waals surface area contributed by atoms with E-state index in [2.05, 4.69) is 13.8 Å². The number of aliphatic hydroxyl groups excluding tert-OH is 1. The average Bonchev–Trinajstić information content (AvgIpc) is 2.61. The van der Waals surface area contributed by atoms with Crippen LogP contribution in [0.5, 0.6) is 0 Å². The molecule has 170 valence electrons. The maximum atomic E-state index is 9.33. The van der Waals surface area contributed by atoms with Crippen LogP contribution in [-0.4, -0.2) is 32.6 Å². The highest BCUT2D eigenvalue weighted by molar-refractivity contribution is 7.80. The Kier molecular flexibility index (Phi) is 20.4. The first-order valence-electron chi connectivity index (χ1n) is 11.7. The minimum absolute atomic E-state index is 0.219. The van der Waals surface area contributed by atoms with E-state index in [0.717, 1.165) is 30.5 Å². The van der Waals surface area contributed by atoms with E-state index in [0.29, 0.717) is 6.42 Å². The van der Waals surface area contributed by atoms with Crippen LogP contribution in [0.15, 0.2) is 0 Å². The van der Waals surface area contributed by atoms with Crippen molar-refractivity contribution in [2.24, 2.45) is 5.41 Å². The molecule has 3 nitrogen and oxygen atoms in total. The van der Waals surface area contributed by atoms with E-state index in [1.54, 1.807) is 0 Å². The summed E-state index contributed by atoms with van der Waals surface area (Å²) in [5.41, 5.74) is -0.400. The summed E-state index contributed by atoms with van der Waals surface area (Å²) in [6.45, 7) is 9.79. The van der Waals surface area contributed by atoms with Crippen LogP contribution >= 0.6 is 12.2 Å². The van der Waals surface area contributed by atoms with Crippen molar-refractivity contribution in [2.45, 2.75) is 137 Å². The Balaban J connectivity index is 0. The van der Waals surface area contributed by atoms with Gasteiger partial charge in [0.15, 0.2) is 5.79 Å². The van der Waals surface area contributed by atoms with Crippen molar-refractivity contribution < 1.29 is 15.3 Å². The van der Waals surface area contributed by atoms with Crippen molar-refractivity contribution >= 4 is 17.1 Å². The number of unbranched alkanes of at least 4 members (excludes halogenated alkanes) is 10. The van der Waals surface area contributed by atoms with Gasteiger partial charge in [0, 0.05) is 18.4 Å². The second-order valence-electron chi connectivity index (χ2n) is 8.95. The maximum absolute atomic E-state index is 9.33. The van der Waals surface area contributed by atoms with Crippen molar-refractivity contribution in [2.75, 3.05) is 6.61 Å². The fourth-order valence-electron chi connectivity index (χ4n) is 2.91. The Hall–Kier alpha value is -0.0300. The smallest absolute Gasteiger partial charge is 0.164 e. The Labute approximate surface area is 181 Å². The molecular formula is C24H50O3S. The van der Waals surface area contributed by atoms with Crippen LogP contribution in [0.2, 0.25) is 0 Å². The van der Waals surface area contributed by atoms with Crippen LogP contribution in [0.3, 0.4) is 0 Å². The normalized spacial score (nSPS) is 11.9. The second kappa shape index (κ2) is 19.0. The van der Waals surface area contributed by atoms with Crippen molar-refractivity contribution in [1.29, 1.82) is 0 Å². The molecule has 0 bridgehead atoms. The van der Waals surface area contributed by atoms with Gasteiger partial charge in [0.1, 0.15) is 0 Å². The topological polar surface area (TPSA) is 60.7 Å². The first-order chi connectivity index (χ1) is 13.1. The standard InChI is InChI=1S/C15H30OS.C9H20O2/c1-2-3-4-5-6-7-8-9-10-11-12-15(17)13-14-16;1-5-6-7-8(2,3)9(4,10)11/h16H,2-14H2,1H3;10-11H,5-7H2,1-4H3. The lowest BCUT2D eigenvalue weighted by Gasteiger charge is -2.35. The molecule has 0 aromatic carbocycles. The summed E-state index contributed by atoms with van der Waals surface area (Å²) in [7, 11) is 0. The van der Waals surface area contributed by atoms with Crippen LogP contribution in [0.25, 0.3) is 0 Å². The minimum Gasteiger partial charge on any atom is -0.396 e. The van der Waals surface area contributed by atoms with Gasteiger partial charge in [0.2, 0.25) is 0 Å². The largest absolute Gasteiger partial charge is 0.396 e. The number of rotatable bonds is 17. The molecule has 0 aliphatic rings. The molecule has 3 N–H and O–H groups in total. The summed E-state index contributed by atoms with van der Waals surface area (Å²) in [5, 5.41) is 27.4. The van der Waals surface area contributed by atoms with Gasteiger partial charge in [0.05, 0.1) is 0 Å². The summed E-state index contributed by atoms with van der Waals surface area (Å²) in [4.78, 5) is 1.05.